The van der Waals surface area contributed by atoms with Crippen molar-refractivity contribution in [3.63, 3.8) is 0 Å². The van der Waals surface area contributed by atoms with Crippen LogP contribution in [0.4, 0.5) is 0 Å². The van der Waals surface area contributed by atoms with Gasteiger partial charge in [-0.15, -0.1) is 0 Å². The van der Waals surface area contributed by atoms with Gasteiger partial charge < -0.3 is 9.84 Å². The van der Waals surface area contributed by atoms with Gasteiger partial charge in [0, 0.05) is 17.9 Å². The number of hydrogen-bond acceptors (Lipinski definition) is 3. The number of aliphatic carboxylic acids is 1. The first-order valence-corrected chi connectivity index (χ1v) is 7.05. The van der Waals surface area contributed by atoms with Crippen molar-refractivity contribution < 1.29 is 14.6 Å². The minimum atomic E-state index is -0.802. The van der Waals surface area contributed by atoms with Gasteiger partial charge in [0.05, 0.1) is 23.4 Å². The fraction of sp³-hybridized carbons (Fsp3) is 0.375. The summed E-state index contributed by atoms with van der Waals surface area (Å²) in [5, 5.41) is 13.9. The van der Waals surface area contributed by atoms with E-state index in [0.717, 1.165) is 22.6 Å². The Morgan fingerprint density at radius 2 is 2.05 bits per heavy atom. The summed E-state index contributed by atoms with van der Waals surface area (Å²) in [6.45, 7) is 4.35. The Hall–Kier alpha value is -2.14. The Morgan fingerprint density at radius 1 is 1.33 bits per heavy atom. The van der Waals surface area contributed by atoms with Gasteiger partial charge in [0.25, 0.3) is 0 Å². The number of nitrogens with zero attached hydrogens (tertiary/aromatic N) is 2. The van der Waals surface area contributed by atoms with E-state index in [-0.39, 0.29) is 0 Å². The Balaban J connectivity index is 2.05. The normalized spacial score (nSPS) is 21.6. The molecule has 3 rings (SSSR count). The summed E-state index contributed by atoms with van der Waals surface area (Å²) in [6, 6.07) is 9.83. The van der Waals surface area contributed by atoms with Crippen molar-refractivity contribution >= 4 is 5.97 Å². The van der Waals surface area contributed by atoms with Crippen LogP contribution in [0.1, 0.15) is 29.5 Å². The SMILES string of the molecule is Cc1nn(-c2ccccc2)c(C)c1[C@H]1OCC[C@H]1C(=O)O. The van der Waals surface area contributed by atoms with Crippen molar-refractivity contribution in [3.05, 3.63) is 47.3 Å². The molecule has 1 N–H and O–H groups in total. The molecule has 0 spiro atoms. The van der Waals surface area contributed by atoms with Gasteiger partial charge in [-0.25, -0.2) is 4.68 Å². The van der Waals surface area contributed by atoms with Gasteiger partial charge in [-0.2, -0.15) is 5.10 Å². The molecule has 2 aromatic rings. The van der Waals surface area contributed by atoms with E-state index in [1.807, 2.05) is 48.9 Å². The summed E-state index contributed by atoms with van der Waals surface area (Å²) in [4.78, 5) is 11.4. The molecule has 0 bridgehead atoms. The van der Waals surface area contributed by atoms with Crippen LogP contribution in [0.2, 0.25) is 0 Å². The number of rotatable bonds is 3. The predicted octanol–water partition coefficient (Wildman–Crippen LogP) is 2.65. The monoisotopic (exact) mass is 286 g/mol. The predicted molar refractivity (Wildman–Crippen MR) is 77.5 cm³/mol. The fourth-order valence-corrected chi connectivity index (χ4v) is 3.01. The number of ether oxygens (including phenoxy) is 1. The molecular formula is C16H18N2O3. The maximum absolute atomic E-state index is 11.4. The third-order valence-corrected chi connectivity index (χ3v) is 4.04. The van der Waals surface area contributed by atoms with Crippen molar-refractivity contribution in [1.29, 1.82) is 0 Å². The topological polar surface area (TPSA) is 64.4 Å². The Kier molecular flexibility index (Phi) is 3.51. The van der Waals surface area contributed by atoms with Crippen LogP contribution in [0.5, 0.6) is 0 Å². The van der Waals surface area contributed by atoms with E-state index in [2.05, 4.69) is 5.10 Å². The van der Waals surface area contributed by atoms with Crippen LogP contribution < -0.4 is 0 Å². The summed E-state index contributed by atoms with van der Waals surface area (Å²) < 4.78 is 7.54. The highest BCUT2D eigenvalue weighted by Crippen LogP contribution is 2.38. The largest absolute Gasteiger partial charge is 0.481 e. The molecule has 2 heterocycles. The van der Waals surface area contributed by atoms with Crippen LogP contribution in [-0.4, -0.2) is 27.5 Å². The van der Waals surface area contributed by atoms with Crippen LogP contribution in [0.3, 0.4) is 0 Å². The zero-order chi connectivity index (χ0) is 15.0. The van der Waals surface area contributed by atoms with Crippen LogP contribution in [0.15, 0.2) is 30.3 Å². The number of carboxylic acids is 1. The molecular weight excluding hydrogens is 268 g/mol. The molecule has 1 aliphatic heterocycles. The zero-order valence-electron chi connectivity index (χ0n) is 12.1. The van der Waals surface area contributed by atoms with Crippen molar-refractivity contribution in [1.82, 2.24) is 9.78 Å². The van der Waals surface area contributed by atoms with Crippen molar-refractivity contribution in [2.75, 3.05) is 6.61 Å². The van der Waals surface area contributed by atoms with Gasteiger partial charge in [-0.3, -0.25) is 4.79 Å². The minimum absolute atomic E-state index is 0.403. The summed E-state index contributed by atoms with van der Waals surface area (Å²) in [5.74, 6) is -1.29. The lowest BCUT2D eigenvalue weighted by molar-refractivity contribution is -0.143. The summed E-state index contributed by atoms with van der Waals surface area (Å²) in [6.07, 6.45) is 0.148. The summed E-state index contributed by atoms with van der Waals surface area (Å²) >= 11 is 0. The van der Waals surface area contributed by atoms with E-state index in [4.69, 9.17) is 4.74 Å². The van der Waals surface area contributed by atoms with Gasteiger partial charge in [0.2, 0.25) is 0 Å². The molecule has 5 nitrogen and oxygen atoms in total. The van der Waals surface area contributed by atoms with Crippen molar-refractivity contribution in [2.24, 2.45) is 5.92 Å². The van der Waals surface area contributed by atoms with E-state index in [0.29, 0.717) is 13.0 Å². The molecule has 1 fully saturated rings. The molecule has 0 saturated carbocycles. The summed E-state index contributed by atoms with van der Waals surface area (Å²) in [7, 11) is 0. The van der Waals surface area contributed by atoms with E-state index in [9.17, 15) is 9.90 Å². The molecule has 2 atom stereocenters. The average molecular weight is 286 g/mol. The lowest BCUT2D eigenvalue weighted by atomic mass is 9.94. The summed E-state index contributed by atoms with van der Waals surface area (Å²) in [5.41, 5.74) is 3.64. The number of aryl methyl sites for hydroxylation is 1. The highest BCUT2D eigenvalue weighted by molar-refractivity contribution is 5.71. The third-order valence-electron chi connectivity index (χ3n) is 4.04. The molecule has 1 saturated heterocycles. The van der Waals surface area contributed by atoms with Crippen molar-refractivity contribution in [3.8, 4) is 5.69 Å². The Bertz CT molecular complexity index is 664. The minimum Gasteiger partial charge on any atom is -0.481 e. The average Bonchev–Trinajstić information content (AvgIpc) is 3.04. The lowest BCUT2D eigenvalue weighted by Crippen LogP contribution is -2.18. The number of benzene rings is 1. The van der Waals surface area contributed by atoms with Crippen LogP contribution >= 0.6 is 0 Å². The number of aromatic nitrogens is 2. The maximum Gasteiger partial charge on any atom is 0.309 e. The first kappa shape index (κ1) is 13.8. The quantitative estimate of drug-likeness (QED) is 0.942. The van der Waals surface area contributed by atoms with Crippen LogP contribution in [0.25, 0.3) is 5.69 Å². The molecule has 110 valence electrons. The van der Waals surface area contributed by atoms with Gasteiger partial charge in [0.1, 0.15) is 0 Å². The highest BCUT2D eigenvalue weighted by atomic mass is 16.5. The molecule has 0 unspecified atom stereocenters. The second-order valence-corrected chi connectivity index (χ2v) is 5.36. The molecule has 5 heteroatoms. The molecule has 0 amide bonds. The third kappa shape index (κ3) is 2.34. The molecule has 0 radical (unpaired) electrons. The highest BCUT2D eigenvalue weighted by Gasteiger charge is 2.38. The lowest BCUT2D eigenvalue weighted by Gasteiger charge is -2.16. The van der Waals surface area contributed by atoms with E-state index in [1.165, 1.54) is 0 Å². The molecule has 1 aromatic heterocycles. The smallest absolute Gasteiger partial charge is 0.309 e. The fourth-order valence-electron chi connectivity index (χ4n) is 3.01. The molecule has 1 aliphatic rings. The number of carboxylic acid groups (broad SMARTS) is 1. The van der Waals surface area contributed by atoms with Crippen LogP contribution in [-0.2, 0) is 9.53 Å². The van der Waals surface area contributed by atoms with E-state index >= 15 is 0 Å². The van der Waals surface area contributed by atoms with E-state index in [1.54, 1.807) is 0 Å². The number of para-hydroxylation sites is 1. The first-order valence-electron chi connectivity index (χ1n) is 7.05. The van der Waals surface area contributed by atoms with Crippen molar-refractivity contribution in [2.45, 2.75) is 26.4 Å². The van der Waals surface area contributed by atoms with Crippen LogP contribution in [0, 0.1) is 19.8 Å². The van der Waals surface area contributed by atoms with E-state index < -0.39 is 18.0 Å². The molecule has 21 heavy (non-hydrogen) atoms. The van der Waals surface area contributed by atoms with Gasteiger partial charge in [0.15, 0.2) is 0 Å². The number of carbonyl (C=O) groups is 1. The standard InChI is InChI=1S/C16H18N2O3/c1-10-14(15-13(16(19)20)8-9-21-15)11(2)18(17-10)12-6-4-3-5-7-12/h3-7,13,15H,8-9H2,1-2H3,(H,19,20)/t13-,15+/m1/s1. The molecule has 1 aromatic carbocycles. The number of hydrogen-bond donors (Lipinski definition) is 1. The maximum atomic E-state index is 11.4. The zero-order valence-corrected chi connectivity index (χ0v) is 12.1. The van der Waals surface area contributed by atoms with Gasteiger partial charge in [-0.05, 0) is 32.4 Å². The van der Waals surface area contributed by atoms with Gasteiger partial charge in [-0.1, -0.05) is 18.2 Å². The second kappa shape index (κ2) is 5.33. The first-order chi connectivity index (χ1) is 10.1. The van der Waals surface area contributed by atoms with Gasteiger partial charge >= 0.3 is 5.97 Å². The Labute approximate surface area is 123 Å². The second-order valence-electron chi connectivity index (χ2n) is 5.36. The molecule has 0 aliphatic carbocycles. The Morgan fingerprint density at radius 3 is 2.71 bits per heavy atom.